The van der Waals surface area contributed by atoms with E-state index in [1.165, 1.54) is 0 Å². The second-order valence-electron chi connectivity index (χ2n) is 4.52. The Kier molecular flexibility index (Phi) is 5.19. The maximum absolute atomic E-state index is 4.65. The van der Waals surface area contributed by atoms with Gasteiger partial charge in [0.25, 0.3) is 0 Å². The van der Waals surface area contributed by atoms with Gasteiger partial charge in [0.05, 0.1) is 0 Å². The fourth-order valence-electron chi connectivity index (χ4n) is 1.87. The molecule has 0 radical (unpaired) electrons. The van der Waals surface area contributed by atoms with Crippen LogP contribution in [-0.2, 0) is 0 Å². The van der Waals surface area contributed by atoms with Gasteiger partial charge < -0.3 is 9.80 Å². The first-order valence-corrected chi connectivity index (χ1v) is 6.36. The van der Waals surface area contributed by atoms with Crippen molar-refractivity contribution < 1.29 is 0 Å². The minimum Gasteiger partial charge on any atom is -0.359 e. The summed E-state index contributed by atoms with van der Waals surface area (Å²) < 4.78 is 0. The van der Waals surface area contributed by atoms with Gasteiger partial charge in [-0.05, 0) is 19.8 Å². The summed E-state index contributed by atoms with van der Waals surface area (Å²) in [5, 5.41) is 0. The summed E-state index contributed by atoms with van der Waals surface area (Å²) in [6.07, 6.45) is 4.14. The number of aryl methyl sites for hydroxylation is 1. The third-order valence-electron chi connectivity index (χ3n) is 2.75. The van der Waals surface area contributed by atoms with Crippen molar-refractivity contribution >= 4 is 11.8 Å². The topological polar surface area (TPSA) is 32.3 Å². The quantitative estimate of drug-likeness (QED) is 0.759. The van der Waals surface area contributed by atoms with E-state index in [0.717, 1.165) is 43.3 Å². The molecule has 4 nitrogen and oxygen atoms in total. The van der Waals surface area contributed by atoms with Crippen LogP contribution >= 0.6 is 0 Å². The van der Waals surface area contributed by atoms with Crippen molar-refractivity contribution in [3.8, 4) is 0 Å². The molecule has 0 fully saturated rings. The molecule has 17 heavy (non-hydrogen) atoms. The second-order valence-corrected chi connectivity index (χ2v) is 4.52. The van der Waals surface area contributed by atoms with Crippen LogP contribution in [0.2, 0.25) is 0 Å². The Morgan fingerprint density at radius 2 is 1.65 bits per heavy atom. The highest BCUT2D eigenvalue weighted by Crippen LogP contribution is 2.18. The van der Waals surface area contributed by atoms with E-state index in [9.17, 15) is 0 Å². The Balaban J connectivity index is 2.93. The van der Waals surface area contributed by atoms with Gasteiger partial charge in [-0.1, -0.05) is 13.8 Å². The Labute approximate surface area is 105 Å². The molecule has 0 bridgehead atoms. The predicted molar refractivity (Wildman–Crippen MR) is 73.9 cm³/mol. The lowest BCUT2D eigenvalue weighted by Gasteiger charge is -2.22. The van der Waals surface area contributed by atoms with Gasteiger partial charge in [-0.3, -0.25) is 0 Å². The van der Waals surface area contributed by atoms with Crippen LogP contribution in [0.1, 0.15) is 32.3 Å². The van der Waals surface area contributed by atoms with Crippen LogP contribution in [0.5, 0.6) is 0 Å². The molecule has 0 atom stereocenters. The largest absolute Gasteiger partial charge is 0.359 e. The van der Waals surface area contributed by atoms with Crippen LogP contribution in [0, 0.1) is 6.92 Å². The van der Waals surface area contributed by atoms with Crippen LogP contribution in [0.25, 0.3) is 0 Å². The molecular weight excluding hydrogens is 212 g/mol. The molecule has 0 aliphatic heterocycles. The highest BCUT2D eigenvalue weighted by molar-refractivity contribution is 5.48. The Morgan fingerprint density at radius 1 is 1.06 bits per heavy atom. The van der Waals surface area contributed by atoms with Gasteiger partial charge in [0.1, 0.15) is 5.82 Å². The maximum Gasteiger partial charge on any atom is 0.227 e. The zero-order chi connectivity index (χ0) is 12.8. The fraction of sp³-hybridized carbons (Fsp3) is 0.692. The molecule has 0 saturated heterocycles. The van der Waals surface area contributed by atoms with E-state index in [-0.39, 0.29) is 0 Å². The first-order chi connectivity index (χ1) is 8.10. The summed E-state index contributed by atoms with van der Waals surface area (Å²) in [5.41, 5.74) is 1.13. The fourth-order valence-corrected chi connectivity index (χ4v) is 1.87. The first-order valence-electron chi connectivity index (χ1n) is 6.36. The third kappa shape index (κ3) is 3.58. The molecule has 0 saturated carbocycles. The van der Waals surface area contributed by atoms with Crippen molar-refractivity contribution in [3.63, 3.8) is 0 Å². The zero-order valence-corrected chi connectivity index (χ0v) is 11.7. The molecule has 1 rings (SSSR count). The summed E-state index contributed by atoms with van der Waals surface area (Å²) in [4.78, 5) is 13.3. The second kappa shape index (κ2) is 6.42. The number of rotatable bonds is 6. The lowest BCUT2D eigenvalue weighted by atomic mass is 10.3. The lowest BCUT2D eigenvalue weighted by Crippen LogP contribution is -2.24. The van der Waals surface area contributed by atoms with E-state index in [0.29, 0.717) is 0 Å². The van der Waals surface area contributed by atoms with Gasteiger partial charge in [-0.2, -0.15) is 4.98 Å². The van der Waals surface area contributed by atoms with E-state index in [1.54, 1.807) is 0 Å². The molecule has 0 N–H and O–H groups in total. The lowest BCUT2D eigenvalue weighted by molar-refractivity contribution is 0.797. The summed E-state index contributed by atoms with van der Waals surface area (Å²) in [5.74, 6) is 1.86. The normalized spacial score (nSPS) is 10.4. The number of nitrogens with zero attached hydrogens (tertiary/aromatic N) is 4. The number of aromatic nitrogens is 2. The summed E-state index contributed by atoms with van der Waals surface area (Å²) >= 11 is 0. The SMILES string of the molecule is CCCN(C)c1ncc(C)c(N(C)CCC)n1. The van der Waals surface area contributed by atoms with Gasteiger partial charge >= 0.3 is 0 Å². The van der Waals surface area contributed by atoms with Crippen LogP contribution < -0.4 is 9.80 Å². The van der Waals surface area contributed by atoms with Gasteiger partial charge in [0.15, 0.2) is 0 Å². The van der Waals surface area contributed by atoms with Crippen LogP contribution in [0.4, 0.5) is 11.8 Å². The minimum absolute atomic E-state index is 0.815. The molecule has 0 aliphatic carbocycles. The number of anilines is 2. The molecule has 0 unspecified atom stereocenters. The number of hydrogen-bond donors (Lipinski definition) is 0. The molecule has 96 valence electrons. The van der Waals surface area contributed by atoms with Crippen molar-refractivity contribution in [3.05, 3.63) is 11.8 Å². The first kappa shape index (κ1) is 13.7. The van der Waals surface area contributed by atoms with E-state index in [4.69, 9.17) is 0 Å². The van der Waals surface area contributed by atoms with Crippen molar-refractivity contribution in [2.75, 3.05) is 37.0 Å². The molecule has 1 heterocycles. The number of hydrogen-bond acceptors (Lipinski definition) is 4. The third-order valence-corrected chi connectivity index (χ3v) is 2.75. The summed E-state index contributed by atoms with van der Waals surface area (Å²) in [6, 6.07) is 0. The van der Waals surface area contributed by atoms with Crippen LogP contribution in [-0.4, -0.2) is 37.2 Å². The van der Waals surface area contributed by atoms with Crippen molar-refractivity contribution in [2.45, 2.75) is 33.6 Å². The predicted octanol–water partition coefficient (Wildman–Crippen LogP) is 2.48. The van der Waals surface area contributed by atoms with Crippen LogP contribution in [0.15, 0.2) is 6.20 Å². The van der Waals surface area contributed by atoms with E-state index in [1.807, 2.05) is 13.2 Å². The van der Waals surface area contributed by atoms with Gasteiger partial charge in [-0.15, -0.1) is 0 Å². The molecule has 0 aliphatic rings. The molecule has 1 aromatic rings. The molecule has 0 aromatic carbocycles. The molecule has 4 heteroatoms. The Bertz CT molecular complexity index is 351. The molecule has 1 aromatic heterocycles. The van der Waals surface area contributed by atoms with E-state index < -0.39 is 0 Å². The highest BCUT2D eigenvalue weighted by Gasteiger charge is 2.10. The van der Waals surface area contributed by atoms with E-state index >= 15 is 0 Å². The highest BCUT2D eigenvalue weighted by atomic mass is 15.3. The zero-order valence-electron chi connectivity index (χ0n) is 11.7. The Morgan fingerprint density at radius 3 is 2.24 bits per heavy atom. The standard InChI is InChI=1S/C13H24N4/c1-6-8-16(4)12-11(3)10-14-13(15-12)17(5)9-7-2/h10H,6-9H2,1-5H3. The van der Waals surface area contributed by atoms with Crippen molar-refractivity contribution in [2.24, 2.45) is 0 Å². The van der Waals surface area contributed by atoms with Gasteiger partial charge in [-0.25, -0.2) is 4.98 Å². The van der Waals surface area contributed by atoms with Crippen LogP contribution in [0.3, 0.4) is 0 Å². The van der Waals surface area contributed by atoms with E-state index in [2.05, 4.69) is 47.6 Å². The summed E-state index contributed by atoms with van der Waals surface area (Å²) in [6.45, 7) is 8.41. The maximum atomic E-state index is 4.65. The average Bonchev–Trinajstić information content (AvgIpc) is 2.30. The average molecular weight is 236 g/mol. The smallest absolute Gasteiger partial charge is 0.227 e. The van der Waals surface area contributed by atoms with Gasteiger partial charge in [0, 0.05) is 38.9 Å². The molecule has 0 spiro atoms. The Hall–Kier alpha value is -1.32. The van der Waals surface area contributed by atoms with Crippen molar-refractivity contribution in [1.82, 2.24) is 9.97 Å². The van der Waals surface area contributed by atoms with Gasteiger partial charge in [0.2, 0.25) is 5.95 Å². The minimum atomic E-state index is 0.815. The summed E-state index contributed by atoms with van der Waals surface area (Å²) in [7, 11) is 4.13. The molecular formula is C13H24N4. The molecule has 0 amide bonds. The van der Waals surface area contributed by atoms with Crippen molar-refractivity contribution in [1.29, 1.82) is 0 Å². The monoisotopic (exact) mass is 236 g/mol.